The molecule has 2 aliphatic heterocycles. The number of anilines is 2. The van der Waals surface area contributed by atoms with E-state index in [0.717, 1.165) is 18.1 Å². The molecule has 0 aromatic carbocycles. The van der Waals surface area contributed by atoms with Crippen LogP contribution in [0.3, 0.4) is 0 Å². The van der Waals surface area contributed by atoms with Crippen LogP contribution in [0.2, 0.25) is 0 Å². The van der Waals surface area contributed by atoms with Crippen LogP contribution in [-0.4, -0.2) is 46.8 Å². The quantitative estimate of drug-likeness (QED) is 0.570. The molecule has 1 fully saturated rings. The van der Waals surface area contributed by atoms with E-state index in [2.05, 4.69) is 69.1 Å². The summed E-state index contributed by atoms with van der Waals surface area (Å²) < 4.78 is 0. The van der Waals surface area contributed by atoms with Gasteiger partial charge in [-0.3, -0.25) is 0 Å². The smallest absolute Gasteiger partial charge is 0.397 e. The van der Waals surface area contributed by atoms with Crippen LogP contribution in [0.15, 0.2) is 73.6 Å². The average Bonchev–Trinajstić information content (AvgIpc) is 3.11. The van der Waals surface area contributed by atoms with E-state index < -0.39 is 0 Å². The van der Waals surface area contributed by atoms with E-state index in [0.29, 0.717) is 12.1 Å². The number of rotatable bonds is 4. The molecule has 2 radical (unpaired) electrons. The second-order valence-electron chi connectivity index (χ2n) is 6.28. The molecule has 0 saturated heterocycles. The Kier molecular flexibility index (Phi) is 4.77. The summed E-state index contributed by atoms with van der Waals surface area (Å²) in [6.07, 6.45) is 13.1. The van der Waals surface area contributed by atoms with E-state index in [1.54, 1.807) is 0 Å². The molecule has 0 bridgehead atoms. The Morgan fingerprint density at radius 2 is 1.23 bits per heavy atom. The minimum Gasteiger partial charge on any atom is -0.399 e. The average molecular weight is 521 g/mol. The molecule has 0 amide bonds. The van der Waals surface area contributed by atoms with Gasteiger partial charge in [-0.1, -0.05) is 12.1 Å². The normalized spacial score (nSPS) is 22.9. The van der Waals surface area contributed by atoms with Crippen molar-refractivity contribution in [3.63, 3.8) is 0 Å². The molecule has 26 heavy (non-hydrogen) atoms. The van der Waals surface area contributed by atoms with Gasteiger partial charge in [0.15, 0.2) is 0 Å². The predicted octanol–water partition coefficient (Wildman–Crippen LogP) is 1.57. The molecule has 2 aromatic rings. The van der Waals surface area contributed by atoms with E-state index in [4.69, 9.17) is 0 Å². The molecule has 2 atom stereocenters. The molecule has 0 spiro atoms. The van der Waals surface area contributed by atoms with E-state index >= 15 is 0 Å². The number of aromatic nitrogens is 2. The number of nitrogens with zero attached hydrogens (tertiary/aromatic N) is 6. The zero-order chi connectivity index (χ0) is 16.6. The van der Waals surface area contributed by atoms with Crippen molar-refractivity contribution in [3.05, 3.63) is 73.6 Å². The standard InChI is InChI=1S/C17H16B2N6.Pt/c1-3-7-20-16(5-1)24-11-9-22(18-24)14-13-15(14)23-10-12-25(19-23)17-6-2-4-8-21-17;/h1-12,14-15H,13H2;. The topological polar surface area (TPSA) is 38.7 Å². The number of hydrogen-bond donors (Lipinski definition) is 0. The Bertz CT molecular complexity index is 738. The van der Waals surface area contributed by atoms with Crippen LogP contribution in [0, 0.1) is 0 Å². The van der Waals surface area contributed by atoms with Gasteiger partial charge < -0.3 is 19.2 Å². The van der Waals surface area contributed by atoms with Crippen LogP contribution < -0.4 is 9.62 Å². The molecule has 5 rings (SSSR count). The maximum atomic E-state index is 4.39. The van der Waals surface area contributed by atoms with Crippen LogP contribution in [-0.2, 0) is 21.1 Å². The van der Waals surface area contributed by atoms with Crippen molar-refractivity contribution < 1.29 is 21.1 Å². The molecule has 9 heteroatoms. The third-order valence-corrected chi connectivity index (χ3v) is 4.63. The Balaban J connectivity index is 0.00000168. The third kappa shape index (κ3) is 3.26. The second kappa shape index (κ2) is 7.20. The predicted molar refractivity (Wildman–Crippen MR) is 99.1 cm³/mol. The number of pyridine rings is 2. The van der Waals surface area contributed by atoms with Gasteiger partial charge in [-0.25, -0.2) is 9.97 Å². The zero-order valence-electron chi connectivity index (χ0n) is 13.9. The fourth-order valence-electron chi connectivity index (χ4n) is 3.22. The van der Waals surface area contributed by atoms with Crippen molar-refractivity contribution in [2.45, 2.75) is 18.5 Å². The molecular formula is C17H16B2N6Pt. The van der Waals surface area contributed by atoms with Gasteiger partial charge in [0.1, 0.15) is 11.6 Å². The van der Waals surface area contributed by atoms with E-state index in [-0.39, 0.29) is 21.1 Å². The van der Waals surface area contributed by atoms with E-state index in [9.17, 15) is 0 Å². The summed E-state index contributed by atoms with van der Waals surface area (Å²) >= 11 is 0. The molecule has 4 heterocycles. The fraction of sp³-hybridized carbons (Fsp3) is 0.176. The first-order chi connectivity index (χ1) is 12.4. The molecular weight excluding hydrogens is 505 g/mol. The van der Waals surface area contributed by atoms with Crippen molar-refractivity contribution in [1.29, 1.82) is 0 Å². The first-order valence-corrected chi connectivity index (χ1v) is 8.39. The van der Waals surface area contributed by atoms with E-state index in [1.165, 1.54) is 0 Å². The van der Waals surface area contributed by atoms with Crippen LogP contribution in [0.25, 0.3) is 0 Å². The Hall–Kier alpha value is -2.20. The van der Waals surface area contributed by atoms with Crippen molar-refractivity contribution >= 4 is 26.7 Å². The summed E-state index contributed by atoms with van der Waals surface area (Å²) in [6.45, 7) is 0. The molecule has 1 saturated carbocycles. The van der Waals surface area contributed by atoms with E-state index in [1.807, 2.05) is 48.8 Å². The van der Waals surface area contributed by atoms with Crippen molar-refractivity contribution in [2.75, 3.05) is 9.62 Å². The monoisotopic (exact) mass is 521 g/mol. The molecule has 6 nitrogen and oxygen atoms in total. The summed E-state index contributed by atoms with van der Waals surface area (Å²) in [7, 11) is 4.23. The fourth-order valence-corrected chi connectivity index (χ4v) is 3.22. The molecule has 2 unspecified atom stereocenters. The van der Waals surface area contributed by atoms with Crippen LogP contribution in [0.1, 0.15) is 6.42 Å². The molecule has 0 N–H and O–H groups in total. The summed E-state index contributed by atoms with van der Waals surface area (Å²) in [4.78, 5) is 17.4. The van der Waals surface area contributed by atoms with Gasteiger partial charge in [0.05, 0.1) is 0 Å². The summed E-state index contributed by atoms with van der Waals surface area (Å²) in [5.41, 5.74) is 0. The molecule has 3 aliphatic rings. The van der Waals surface area contributed by atoms with Gasteiger partial charge in [-0.2, -0.15) is 0 Å². The molecule has 130 valence electrons. The van der Waals surface area contributed by atoms with Crippen molar-refractivity contribution in [3.8, 4) is 0 Å². The van der Waals surface area contributed by atoms with Crippen molar-refractivity contribution in [1.82, 2.24) is 19.6 Å². The second-order valence-corrected chi connectivity index (χ2v) is 6.28. The maximum absolute atomic E-state index is 4.39. The van der Waals surface area contributed by atoms with Gasteiger partial charge in [0.2, 0.25) is 0 Å². The first-order valence-electron chi connectivity index (χ1n) is 8.39. The van der Waals surface area contributed by atoms with Gasteiger partial charge in [-0.15, -0.1) is 0 Å². The summed E-state index contributed by atoms with van der Waals surface area (Å²) in [5.74, 6) is 1.87. The van der Waals surface area contributed by atoms with Gasteiger partial charge in [0.25, 0.3) is 0 Å². The van der Waals surface area contributed by atoms with Gasteiger partial charge >= 0.3 is 15.1 Å². The summed E-state index contributed by atoms with van der Waals surface area (Å²) in [6, 6.07) is 12.9. The first kappa shape index (κ1) is 17.2. The summed E-state index contributed by atoms with van der Waals surface area (Å²) in [5, 5.41) is 0. The van der Waals surface area contributed by atoms with Crippen LogP contribution in [0.4, 0.5) is 11.6 Å². The minimum absolute atomic E-state index is 0. The molecule has 1 aliphatic carbocycles. The van der Waals surface area contributed by atoms with Crippen LogP contribution in [0.5, 0.6) is 0 Å². The van der Waals surface area contributed by atoms with Gasteiger partial charge in [-0.05, 0) is 30.7 Å². The Labute approximate surface area is 169 Å². The van der Waals surface area contributed by atoms with Crippen molar-refractivity contribution in [2.24, 2.45) is 0 Å². The third-order valence-electron chi connectivity index (χ3n) is 4.63. The zero-order valence-corrected chi connectivity index (χ0v) is 16.2. The molecule has 2 aromatic heterocycles. The number of hydrogen-bond acceptors (Lipinski definition) is 6. The SMILES string of the molecule is [B]1N(c2ccccn2)C=CN1C1CC1N1[B]N(c2ccccn2)C=C1.[Pt]. The minimum atomic E-state index is 0. The van der Waals surface area contributed by atoms with Crippen LogP contribution >= 0.6 is 0 Å². The Morgan fingerprint density at radius 3 is 1.65 bits per heavy atom. The Morgan fingerprint density at radius 1 is 0.731 bits per heavy atom. The maximum Gasteiger partial charge on any atom is 0.397 e. The van der Waals surface area contributed by atoms with Gasteiger partial charge in [0, 0.05) is 70.3 Å². The largest absolute Gasteiger partial charge is 0.399 e.